The van der Waals surface area contributed by atoms with Crippen LogP contribution >= 0.6 is 0 Å². The van der Waals surface area contributed by atoms with Gasteiger partial charge in [0.15, 0.2) is 5.78 Å². The number of fused-ring (bicyclic) bond motifs is 1. The van der Waals surface area contributed by atoms with Crippen LogP contribution in [0.15, 0.2) is 23.9 Å². The van der Waals surface area contributed by atoms with E-state index in [1.807, 2.05) is 12.3 Å². The monoisotopic (exact) mass is 203 g/mol. The molecule has 0 aromatic carbocycles. The number of carbonyl (C=O) groups is 1. The fraction of sp³-hybridized carbons (Fsp3) is 0.462. The summed E-state index contributed by atoms with van der Waals surface area (Å²) in [5.74, 6) is 0.312. The van der Waals surface area contributed by atoms with Gasteiger partial charge in [0.05, 0.1) is 0 Å². The normalized spacial score (nSPS) is 14.9. The second-order valence-electron chi connectivity index (χ2n) is 4.39. The molecule has 80 valence electrons. The molecule has 0 atom stereocenters. The smallest absolute Gasteiger partial charge is 0.164 e. The lowest BCUT2D eigenvalue weighted by Gasteiger charge is -2.13. The van der Waals surface area contributed by atoms with Crippen molar-refractivity contribution in [1.29, 1.82) is 0 Å². The van der Waals surface area contributed by atoms with Crippen LogP contribution in [-0.2, 0) is 13.0 Å². The number of rotatable bonds is 2. The molecule has 0 saturated carbocycles. The third-order valence-electron chi connectivity index (χ3n) is 2.89. The van der Waals surface area contributed by atoms with E-state index in [1.165, 1.54) is 11.3 Å². The summed E-state index contributed by atoms with van der Waals surface area (Å²) in [6.07, 6.45) is 7.00. The Kier molecular flexibility index (Phi) is 2.76. The van der Waals surface area contributed by atoms with Gasteiger partial charge in [0, 0.05) is 30.4 Å². The molecule has 15 heavy (non-hydrogen) atoms. The summed E-state index contributed by atoms with van der Waals surface area (Å²) >= 11 is 0. The maximum Gasteiger partial charge on any atom is 0.164 e. The molecule has 1 aliphatic carbocycles. The van der Waals surface area contributed by atoms with E-state index in [0.29, 0.717) is 5.78 Å². The maximum absolute atomic E-state index is 11.6. The first kappa shape index (κ1) is 10.2. The first-order chi connectivity index (χ1) is 7.18. The Morgan fingerprint density at radius 2 is 2.27 bits per heavy atom. The molecular formula is C13H17NO. The second-order valence-corrected chi connectivity index (χ2v) is 4.39. The Balaban J connectivity index is 2.27. The van der Waals surface area contributed by atoms with Gasteiger partial charge in [-0.1, -0.05) is 11.6 Å². The molecule has 1 aromatic rings. The highest BCUT2D eigenvalue weighted by molar-refractivity contribution is 5.98. The van der Waals surface area contributed by atoms with E-state index in [-0.39, 0.29) is 0 Å². The quantitative estimate of drug-likeness (QED) is 0.677. The van der Waals surface area contributed by atoms with E-state index in [4.69, 9.17) is 0 Å². The molecule has 0 aliphatic heterocycles. The molecule has 2 nitrogen and oxygen atoms in total. The summed E-state index contributed by atoms with van der Waals surface area (Å²) < 4.78 is 2.19. The summed E-state index contributed by atoms with van der Waals surface area (Å²) in [6, 6.07) is 1.97. The Morgan fingerprint density at radius 3 is 3.00 bits per heavy atom. The lowest BCUT2D eigenvalue weighted by molar-refractivity contribution is 0.0972. The zero-order chi connectivity index (χ0) is 10.8. The zero-order valence-electron chi connectivity index (χ0n) is 9.42. The minimum Gasteiger partial charge on any atom is -0.347 e. The van der Waals surface area contributed by atoms with E-state index in [2.05, 4.69) is 24.5 Å². The first-order valence-corrected chi connectivity index (χ1v) is 5.53. The molecule has 1 aliphatic rings. The van der Waals surface area contributed by atoms with Crippen molar-refractivity contribution in [3.05, 3.63) is 35.2 Å². The summed E-state index contributed by atoms with van der Waals surface area (Å²) in [5.41, 5.74) is 3.49. The molecule has 0 spiro atoms. The molecule has 0 fully saturated rings. The molecular weight excluding hydrogens is 186 g/mol. The summed E-state index contributed by atoms with van der Waals surface area (Å²) in [4.78, 5) is 11.6. The fourth-order valence-electron chi connectivity index (χ4n) is 2.04. The molecule has 2 rings (SSSR count). The number of Topliss-reactive ketones (excluding diaryl/α,β-unsaturated/α-hetero) is 1. The van der Waals surface area contributed by atoms with Crippen LogP contribution in [0.3, 0.4) is 0 Å². The highest BCUT2D eigenvalue weighted by Gasteiger charge is 2.19. The van der Waals surface area contributed by atoms with Gasteiger partial charge in [-0.05, 0) is 32.8 Å². The molecule has 0 unspecified atom stereocenters. The lowest BCUT2D eigenvalue weighted by Crippen LogP contribution is -2.12. The van der Waals surface area contributed by atoms with Gasteiger partial charge < -0.3 is 4.57 Å². The molecule has 0 N–H and O–H groups in total. The molecule has 2 heteroatoms. The number of hydrogen-bond acceptors (Lipinski definition) is 1. The first-order valence-electron chi connectivity index (χ1n) is 5.53. The molecule has 0 bridgehead atoms. The van der Waals surface area contributed by atoms with Crippen LogP contribution in [0, 0.1) is 0 Å². The Bertz CT molecular complexity index is 408. The predicted octanol–water partition coefficient (Wildman–Crippen LogP) is 2.97. The van der Waals surface area contributed by atoms with Crippen LogP contribution in [0.4, 0.5) is 0 Å². The average molecular weight is 203 g/mol. The van der Waals surface area contributed by atoms with Crippen molar-refractivity contribution < 1.29 is 4.79 Å². The van der Waals surface area contributed by atoms with Crippen LogP contribution in [-0.4, -0.2) is 10.4 Å². The van der Waals surface area contributed by atoms with Gasteiger partial charge in [-0.2, -0.15) is 0 Å². The molecule has 0 radical (unpaired) electrons. The van der Waals surface area contributed by atoms with Gasteiger partial charge in [-0.3, -0.25) is 4.79 Å². The van der Waals surface area contributed by atoms with Crippen LogP contribution < -0.4 is 0 Å². The lowest BCUT2D eigenvalue weighted by atomic mass is 9.97. The van der Waals surface area contributed by atoms with Gasteiger partial charge in [0.1, 0.15) is 0 Å². The number of ketones is 1. The third-order valence-corrected chi connectivity index (χ3v) is 2.89. The molecule has 1 heterocycles. The Morgan fingerprint density at radius 1 is 1.47 bits per heavy atom. The number of allylic oxidation sites excluding steroid dienone is 2. The van der Waals surface area contributed by atoms with Crippen molar-refractivity contribution in [3.8, 4) is 0 Å². The van der Waals surface area contributed by atoms with Crippen LogP contribution in [0.2, 0.25) is 0 Å². The average Bonchev–Trinajstić information content (AvgIpc) is 2.59. The second kappa shape index (κ2) is 4.05. The summed E-state index contributed by atoms with van der Waals surface area (Å²) in [6.45, 7) is 5.09. The molecule has 0 saturated heterocycles. The fourth-order valence-corrected chi connectivity index (χ4v) is 2.04. The largest absolute Gasteiger partial charge is 0.347 e. The Labute approximate surface area is 90.6 Å². The number of carbonyl (C=O) groups excluding carboxylic acids is 1. The minimum absolute atomic E-state index is 0.312. The highest BCUT2D eigenvalue weighted by atomic mass is 16.1. The van der Waals surface area contributed by atoms with Gasteiger partial charge in [0.25, 0.3) is 0 Å². The summed E-state index contributed by atoms with van der Waals surface area (Å²) in [7, 11) is 0. The zero-order valence-corrected chi connectivity index (χ0v) is 9.42. The van der Waals surface area contributed by atoms with Gasteiger partial charge in [-0.25, -0.2) is 0 Å². The van der Waals surface area contributed by atoms with Gasteiger partial charge in [0.2, 0.25) is 0 Å². The van der Waals surface area contributed by atoms with Crippen LogP contribution in [0.25, 0.3) is 0 Å². The van der Waals surface area contributed by atoms with E-state index >= 15 is 0 Å². The number of aromatic nitrogens is 1. The number of hydrogen-bond donors (Lipinski definition) is 0. The van der Waals surface area contributed by atoms with Crippen molar-refractivity contribution in [2.45, 2.75) is 39.7 Å². The highest BCUT2D eigenvalue weighted by Crippen LogP contribution is 2.22. The topological polar surface area (TPSA) is 22.0 Å². The predicted molar refractivity (Wildman–Crippen MR) is 61.1 cm³/mol. The van der Waals surface area contributed by atoms with E-state index in [1.54, 1.807) is 0 Å². The number of nitrogens with zero attached hydrogens (tertiary/aromatic N) is 1. The molecule has 0 amide bonds. The van der Waals surface area contributed by atoms with Crippen molar-refractivity contribution in [1.82, 2.24) is 4.57 Å². The van der Waals surface area contributed by atoms with Crippen LogP contribution in [0.5, 0.6) is 0 Å². The van der Waals surface area contributed by atoms with E-state index in [9.17, 15) is 4.79 Å². The summed E-state index contributed by atoms with van der Waals surface area (Å²) in [5, 5.41) is 0. The van der Waals surface area contributed by atoms with Crippen molar-refractivity contribution in [2.75, 3.05) is 0 Å². The van der Waals surface area contributed by atoms with Crippen molar-refractivity contribution in [2.24, 2.45) is 0 Å². The molecule has 1 aromatic heterocycles. The van der Waals surface area contributed by atoms with E-state index < -0.39 is 0 Å². The van der Waals surface area contributed by atoms with Crippen molar-refractivity contribution in [3.63, 3.8) is 0 Å². The standard InChI is InChI=1S/C13H17NO/c1-10(2)6-8-14-9-7-11-12(14)4-3-5-13(11)15/h6-7,9H,3-5,8H2,1-2H3. The van der Waals surface area contributed by atoms with Crippen molar-refractivity contribution >= 4 is 5.78 Å². The van der Waals surface area contributed by atoms with Gasteiger partial charge >= 0.3 is 0 Å². The van der Waals surface area contributed by atoms with Gasteiger partial charge in [-0.15, -0.1) is 0 Å². The maximum atomic E-state index is 11.6. The minimum atomic E-state index is 0.312. The third kappa shape index (κ3) is 2.04. The van der Waals surface area contributed by atoms with Crippen LogP contribution in [0.1, 0.15) is 42.7 Å². The SMILES string of the molecule is CC(C)=CCn1ccc2c1CCCC2=O. The Hall–Kier alpha value is -1.31. The van der Waals surface area contributed by atoms with E-state index in [0.717, 1.165) is 31.4 Å².